The van der Waals surface area contributed by atoms with Gasteiger partial charge in [0.2, 0.25) is 11.6 Å². The van der Waals surface area contributed by atoms with Gasteiger partial charge in [-0.25, -0.2) is 0 Å². The highest BCUT2D eigenvalue weighted by Crippen LogP contribution is 2.17. The molecule has 0 aromatic rings. The maximum Gasteiger partial charge on any atom is 0.227 e. The van der Waals surface area contributed by atoms with Crippen LogP contribution in [-0.2, 0) is 9.59 Å². The number of hydrogen-bond acceptors (Lipinski definition) is 2. The van der Waals surface area contributed by atoms with Crippen molar-refractivity contribution in [1.82, 2.24) is 0 Å². The summed E-state index contributed by atoms with van der Waals surface area (Å²) < 4.78 is 0. The van der Waals surface area contributed by atoms with Gasteiger partial charge in [-0.3, -0.25) is 9.59 Å². The average molecular weight is 157 g/mol. The van der Waals surface area contributed by atoms with Gasteiger partial charge < -0.3 is 0 Å². The molecule has 0 aromatic heterocycles. The van der Waals surface area contributed by atoms with E-state index in [1.165, 1.54) is 6.08 Å². The second-order valence-corrected chi connectivity index (χ2v) is 2.46. The van der Waals surface area contributed by atoms with Crippen molar-refractivity contribution in [3.8, 4) is 0 Å². The third-order valence-corrected chi connectivity index (χ3v) is 1.63. The molecular formula is C7H5ClO2. The summed E-state index contributed by atoms with van der Waals surface area (Å²) in [5, 5.41) is 0.351. The molecule has 0 saturated carbocycles. The van der Waals surface area contributed by atoms with E-state index in [4.69, 9.17) is 11.6 Å². The van der Waals surface area contributed by atoms with Gasteiger partial charge >= 0.3 is 0 Å². The van der Waals surface area contributed by atoms with Gasteiger partial charge in [-0.1, -0.05) is 11.6 Å². The largest absolute Gasteiger partial charge is 0.286 e. The van der Waals surface area contributed by atoms with Crippen LogP contribution < -0.4 is 0 Å². The van der Waals surface area contributed by atoms with Gasteiger partial charge in [0.15, 0.2) is 0 Å². The highest BCUT2D eigenvalue weighted by atomic mass is 35.5. The van der Waals surface area contributed by atoms with E-state index in [-0.39, 0.29) is 0 Å². The predicted molar refractivity (Wildman–Crippen MR) is 37.7 cm³/mol. The van der Waals surface area contributed by atoms with Crippen LogP contribution in [-0.4, -0.2) is 11.6 Å². The first-order valence-electron chi connectivity index (χ1n) is 2.75. The minimum Gasteiger partial charge on any atom is -0.286 e. The molecular weight excluding hydrogens is 152 g/mol. The van der Waals surface area contributed by atoms with Crippen LogP contribution in [0, 0.1) is 0 Å². The summed E-state index contributed by atoms with van der Waals surface area (Å²) in [7, 11) is 0. The predicted octanol–water partition coefficient (Wildman–Crippen LogP) is 1.21. The Morgan fingerprint density at radius 1 is 1.20 bits per heavy atom. The van der Waals surface area contributed by atoms with Gasteiger partial charge in [-0.2, -0.15) is 0 Å². The SMILES string of the molecule is CC1=CC(=O)C(=O)C=C1Cl. The smallest absolute Gasteiger partial charge is 0.227 e. The van der Waals surface area contributed by atoms with Crippen molar-refractivity contribution in [2.24, 2.45) is 0 Å². The van der Waals surface area contributed by atoms with Crippen molar-refractivity contribution >= 4 is 23.2 Å². The van der Waals surface area contributed by atoms with Crippen LogP contribution in [0.4, 0.5) is 0 Å². The van der Waals surface area contributed by atoms with Gasteiger partial charge in [0.05, 0.1) is 0 Å². The Hall–Kier alpha value is -0.890. The van der Waals surface area contributed by atoms with Crippen molar-refractivity contribution in [3.63, 3.8) is 0 Å². The first-order valence-corrected chi connectivity index (χ1v) is 3.13. The van der Waals surface area contributed by atoms with Crippen LogP contribution in [0.3, 0.4) is 0 Å². The fourth-order valence-electron chi connectivity index (χ4n) is 0.637. The van der Waals surface area contributed by atoms with E-state index in [1.54, 1.807) is 6.92 Å². The van der Waals surface area contributed by atoms with E-state index in [1.807, 2.05) is 0 Å². The second-order valence-electron chi connectivity index (χ2n) is 2.05. The molecule has 0 saturated heterocycles. The molecule has 1 aliphatic rings. The summed E-state index contributed by atoms with van der Waals surface area (Å²) in [6.07, 6.45) is 2.38. The first kappa shape index (κ1) is 7.22. The fourth-order valence-corrected chi connectivity index (χ4v) is 0.790. The number of carbonyl (C=O) groups excluding carboxylic acids is 2. The standard InChI is InChI=1S/C7H5ClO2/c1-4-2-6(9)7(10)3-5(4)8/h2-3H,1H3. The third-order valence-electron chi connectivity index (χ3n) is 1.22. The maximum absolute atomic E-state index is 10.6. The molecule has 0 aliphatic heterocycles. The van der Waals surface area contributed by atoms with Gasteiger partial charge in [0, 0.05) is 11.1 Å². The van der Waals surface area contributed by atoms with Crippen LogP contribution in [0.1, 0.15) is 6.92 Å². The van der Waals surface area contributed by atoms with Gasteiger partial charge in [-0.15, -0.1) is 0 Å². The highest BCUT2D eigenvalue weighted by molar-refractivity contribution is 6.50. The molecule has 0 heterocycles. The van der Waals surface area contributed by atoms with Crippen molar-refractivity contribution < 1.29 is 9.59 Å². The van der Waals surface area contributed by atoms with Crippen molar-refractivity contribution in [2.75, 3.05) is 0 Å². The van der Waals surface area contributed by atoms with Crippen LogP contribution in [0.25, 0.3) is 0 Å². The molecule has 0 unspecified atom stereocenters. The zero-order chi connectivity index (χ0) is 7.72. The average Bonchev–Trinajstić information content (AvgIpc) is 1.84. The Balaban J connectivity index is 3.06. The quantitative estimate of drug-likeness (QED) is 0.390. The molecule has 3 heteroatoms. The van der Waals surface area contributed by atoms with Crippen molar-refractivity contribution in [2.45, 2.75) is 6.92 Å². The zero-order valence-electron chi connectivity index (χ0n) is 5.35. The Kier molecular flexibility index (Phi) is 1.72. The van der Waals surface area contributed by atoms with E-state index >= 15 is 0 Å². The lowest BCUT2D eigenvalue weighted by atomic mass is 10.1. The van der Waals surface area contributed by atoms with Crippen LogP contribution >= 0.6 is 11.6 Å². The minimum atomic E-state index is -0.546. The normalized spacial score (nSPS) is 18.6. The number of allylic oxidation sites excluding steroid dienone is 4. The summed E-state index contributed by atoms with van der Waals surface area (Å²) in [6.45, 7) is 1.68. The molecule has 52 valence electrons. The second kappa shape index (κ2) is 2.39. The molecule has 10 heavy (non-hydrogen) atoms. The van der Waals surface area contributed by atoms with E-state index < -0.39 is 11.6 Å². The minimum absolute atomic E-state index is 0.351. The molecule has 0 fully saturated rings. The zero-order valence-corrected chi connectivity index (χ0v) is 6.11. The first-order chi connectivity index (χ1) is 4.61. The summed E-state index contributed by atoms with van der Waals surface area (Å²) in [4.78, 5) is 21.2. The van der Waals surface area contributed by atoms with Gasteiger partial charge in [0.25, 0.3) is 0 Å². The van der Waals surface area contributed by atoms with Crippen molar-refractivity contribution in [3.05, 3.63) is 22.8 Å². The van der Waals surface area contributed by atoms with Gasteiger partial charge in [0.1, 0.15) is 0 Å². The third kappa shape index (κ3) is 1.16. The molecule has 0 spiro atoms. The number of hydrogen-bond donors (Lipinski definition) is 0. The maximum atomic E-state index is 10.6. The Bertz CT molecular complexity index is 233. The summed E-state index contributed by atoms with van der Waals surface area (Å²) >= 11 is 5.55. The van der Waals surface area contributed by atoms with E-state index in [2.05, 4.69) is 0 Å². The topological polar surface area (TPSA) is 34.1 Å². The summed E-state index contributed by atoms with van der Waals surface area (Å²) in [5.74, 6) is -1.04. The molecule has 0 N–H and O–H groups in total. The van der Waals surface area contributed by atoms with E-state index in [9.17, 15) is 9.59 Å². The molecule has 0 amide bonds. The number of rotatable bonds is 0. The molecule has 2 nitrogen and oxygen atoms in total. The van der Waals surface area contributed by atoms with Crippen LogP contribution in [0.5, 0.6) is 0 Å². The van der Waals surface area contributed by atoms with E-state index in [0.717, 1.165) is 6.08 Å². The lowest BCUT2D eigenvalue weighted by Crippen LogP contribution is -2.12. The molecule has 0 radical (unpaired) electrons. The number of ketones is 2. The highest BCUT2D eigenvalue weighted by Gasteiger charge is 2.15. The summed E-state index contributed by atoms with van der Waals surface area (Å²) in [6, 6.07) is 0. The Morgan fingerprint density at radius 3 is 2.20 bits per heavy atom. The molecule has 0 aromatic carbocycles. The molecule has 1 aliphatic carbocycles. The van der Waals surface area contributed by atoms with E-state index in [0.29, 0.717) is 10.6 Å². The Labute approximate surface area is 63.2 Å². The fraction of sp³-hybridized carbons (Fsp3) is 0.143. The molecule has 1 rings (SSSR count). The van der Waals surface area contributed by atoms with Crippen molar-refractivity contribution in [1.29, 1.82) is 0 Å². The monoisotopic (exact) mass is 156 g/mol. The molecule has 0 atom stereocenters. The van der Waals surface area contributed by atoms with Crippen LogP contribution in [0.15, 0.2) is 22.8 Å². The molecule has 0 bridgehead atoms. The Morgan fingerprint density at radius 2 is 1.70 bits per heavy atom. The summed E-state index contributed by atoms with van der Waals surface area (Å²) in [5.41, 5.74) is 0.645. The lowest BCUT2D eigenvalue weighted by Gasteiger charge is -2.02. The van der Waals surface area contributed by atoms with Gasteiger partial charge in [-0.05, 0) is 18.6 Å². The van der Waals surface area contributed by atoms with Crippen LogP contribution in [0.2, 0.25) is 0 Å². The lowest BCUT2D eigenvalue weighted by molar-refractivity contribution is -0.131. The number of halogens is 1. The number of carbonyl (C=O) groups is 2.